The highest BCUT2D eigenvalue weighted by Gasteiger charge is 2.23. The molecule has 1 aliphatic heterocycles. The van der Waals surface area contributed by atoms with Crippen molar-refractivity contribution in [3.63, 3.8) is 0 Å². The number of nitrogens with zero attached hydrogens (tertiary/aromatic N) is 2. The Balaban J connectivity index is 2.19. The Labute approximate surface area is 167 Å². The minimum atomic E-state index is -3.63. The maximum absolute atomic E-state index is 13.0. The van der Waals surface area contributed by atoms with E-state index in [1.54, 1.807) is 12.1 Å². The number of amides is 1. The van der Waals surface area contributed by atoms with Crippen molar-refractivity contribution < 1.29 is 13.2 Å². The van der Waals surface area contributed by atoms with Gasteiger partial charge in [-0.25, -0.2) is 13.1 Å². The van der Waals surface area contributed by atoms with Crippen LogP contribution in [0, 0.1) is 0 Å². The Kier molecular flexibility index (Phi) is 8.60. The van der Waals surface area contributed by atoms with Crippen molar-refractivity contribution in [2.24, 2.45) is 0 Å². The monoisotopic (exact) mass is 413 g/mol. The van der Waals surface area contributed by atoms with E-state index in [9.17, 15) is 13.2 Å². The summed E-state index contributed by atoms with van der Waals surface area (Å²) in [6.07, 6.45) is 6.93. The summed E-state index contributed by atoms with van der Waals surface area (Å²) in [4.78, 5) is 17.9. The van der Waals surface area contributed by atoms with E-state index in [1.165, 1.54) is 17.8 Å². The van der Waals surface area contributed by atoms with Crippen molar-refractivity contribution in [3.8, 4) is 0 Å². The largest absolute Gasteiger partial charge is 0.339 e. The van der Waals surface area contributed by atoms with Gasteiger partial charge in [0.05, 0.1) is 10.5 Å². The molecule has 6 nitrogen and oxygen atoms in total. The van der Waals surface area contributed by atoms with E-state index >= 15 is 0 Å². The summed E-state index contributed by atoms with van der Waals surface area (Å²) in [5, 5.41) is 0. The van der Waals surface area contributed by atoms with Crippen LogP contribution in [-0.4, -0.2) is 70.7 Å². The minimum Gasteiger partial charge on any atom is -0.339 e. The molecule has 1 amide bonds. The van der Waals surface area contributed by atoms with Gasteiger partial charge >= 0.3 is 0 Å². The number of hydrogen-bond acceptors (Lipinski definition) is 5. The third-order valence-corrected chi connectivity index (χ3v) is 6.93. The molecule has 1 aromatic carbocycles. The molecule has 27 heavy (non-hydrogen) atoms. The number of sulfonamides is 1. The van der Waals surface area contributed by atoms with Crippen LogP contribution in [0.2, 0.25) is 0 Å². The van der Waals surface area contributed by atoms with E-state index in [0.29, 0.717) is 12.1 Å². The molecule has 0 atom stereocenters. The number of nitrogens with one attached hydrogen (secondary N) is 1. The molecule has 1 fully saturated rings. The summed E-state index contributed by atoms with van der Waals surface area (Å²) in [6.45, 7) is 2.67. The number of likely N-dealkylation sites (tertiary alicyclic amines) is 1. The lowest BCUT2D eigenvalue weighted by Crippen LogP contribution is -2.32. The molecule has 1 aliphatic rings. The highest BCUT2D eigenvalue weighted by atomic mass is 32.2. The summed E-state index contributed by atoms with van der Waals surface area (Å²) < 4.78 is 27.9. The lowest BCUT2D eigenvalue weighted by molar-refractivity contribution is 0.0758. The first-order chi connectivity index (χ1) is 12.8. The second-order valence-electron chi connectivity index (χ2n) is 7.12. The van der Waals surface area contributed by atoms with Crippen molar-refractivity contribution >= 4 is 27.7 Å². The Morgan fingerprint density at radius 3 is 2.44 bits per heavy atom. The van der Waals surface area contributed by atoms with Crippen molar-refractivity contribution in [2.45, 2.75) is 41.9 Å². The number of hydrogen-bond donors (Lipinski definition) is 1. The van der Waals surface area contributed by atoms with Crippen LogP contribution in [0.3, 0.4) is 0 Å². The normalized spacial score (nSPS) is 15.8. The van der Waals surface area contributed by atoms with Gasteiger partial charge in [0.2, 0.25) is 10.0 Å². The van der Waals surface area contributed by atoms with Gasteiger partial charge in [-0.3, -0.25) is 4.79 Å². The average Bonchev–Trinajstić information content (AvgIpc) is 2.93. The third-order valence-electron chi connectivity index (χ3n) is 4.68. The Bertz CT molecular complexity index is 728. The molecule has 152 valence electrons. The molecule has 1 saturated heterocycles. The van der Waals surface area contributed by atoms with E-state index in [0.717, 1.165) is 56.6 Å². The van der Waals surface area contributed by atoms with Gasteiger partial charge in [0.15, 0.2) is 0 Å². The molecule has 2 rings (SSSR count). The number of benzene rings is 1. The van der Waals surface area contributed by atoms with Gasteiger partial charge in [0, 0.05) is 24.5 Å². The summed E-state index contributed by atoms with van der Waals surface area (Å²) in [5.74, 6) is -0.0640. The standard InChI is InChI=1S/C19H31N3O3S2/c1-21(2)12-8-11-20-27(24,25)16-9-10-18(26-3)17(15-16)19(23)22-13-6-4-5-7-14-22/h9-10,15,20H,4-8,11-14H2,1-3H3. The molecule has 1 aromatic rings. The van der Waals surface area contributed by atoms with E-state index in [-0.39, 0.29) is 10.8 Å². The highest BCUT2D eigenvalue weighted by Crippen LogP contribution is 2.26. The van der Waals surface area contributed by atoms with Crippen molar-refractivity contribution in [1.82, 2.24) is 14.5 Å². The fraction of sp³-hybridized carbons (Fsp3) is 0.632. The van der Waals surface area contributed by atoms with Gasteiger partial charge in [0.1, 0.15) is 0 Å². The maximum Gasteiger partial charge on any atom is 0.255 e. The van der Waals surface area contributed by atoms with Crippen LogP contribution in [0.15, 0.2) is 28.0 Å². The Hall–Kier alpha value is -1.09. The first kappa shape index (κ1) is 22.2. The molecule has 8 heteroatoms. The lowest BCUT2D eigenvalue weighted by Gasteiger charge is -2.22. The summed E-state index contributed by atoms with van der Waals surface area (Å²) in [5.41, 5.74) is 0.487. The minimum absolute atomic E-state index is 0.0640. The van der Waals surface area contributed by atoms with E-state index < -0.39 is 10.0 Å². The number of thioether (sulfide) groups is 1. The predicted molar refractivity (Wildman–Crippen MR) is 111 cm³/mol. The highest BCUT2D eigenvalue weighted by molar-refractivity contribution is 7.98. The zero-order chi connectivity index (χ0) is 19.9. The second kappa shape index (κ2) is 10.5. The number of carbonyl (C=O) groups excluding carboxylic acids is 1. The lowest BCUT2D eigenvalue weighted by atomic mass is 10.2. The summed E-state index contributed by atoms with van der Waals surface area (Å²) >= 11 is 1.47. The van der Waals surface area contributed by atoms with Crippen molar-refractivity contribution in [2.75, 3.05) is 46.5 Å². The molecule has 0 spiro atoms. The predicted octanol–water partition coefficient (Wildman–Crippen LogP) is 2.65. The first-order valence-electron chi connectivity index (χ1n) is 9.47. The topological polar surface area (TPSA) is 69.7 Å². The smallest absolute Gasteiger partial charge is 0.255 e. The molecule has 0 aromatic heterocycles. The van der Waals surface area contributed by atoms with Crippen LogP contribution in [-0.2, 0) is 10.0 Å². The van der Waals surface area contributed by atoms with Gasteiger partial charge in [0.25, 0.3) is 5.91 Å². The van der Waals surface area contributed by atoms with E-state index in [2.05, 4.69) is 4.72 Å². The Morgan fingerprint density at radius 2 is 1.85 bits per heavy atom. The zero-order valence-electron chi connectivity index (χ0n) is 16.5. The summed E-state index contributed by atoms with van der Waals surface area (Å²) in [7, 11) is 0.284. The quantitative estimate of drug-likeness (QED) is 0.524. The van der Waals surface area contributed by atoms with Gasteiger partial charge in [-0.1, -0.05) is 12.8 Å². The van der Waals surface area contributed by atoms with Crippen LogP contribution in [0.1, 0.15) is 42.5 Å². The van der Waals surface area contributed by atoms with Crippen LogP contribution >= 0.6 is 11.8 Å². The fourth-order valence-corrected chi connectivity index (χ4v) is 4.82. The molecular formula is C19H31N3O3S2. The number of carbonyl (C=O) groups is 1. The van der Waals surface area contributed by atoms with Gasteiger partial charge in [-0.2, -0.15) is 0 Å². The molecule has 0 aliphatic carbocycles. The van der Waals surface area contributed by atoms with Gasteiger partial charge in [-0.15, -0.1) is 11.8 Å². The van der Waals surface area contributed by atoms with E-state index in [1.807, 2.05) is 30.2 Å². The van der Waals surface area contributed by atoms with Crippen molar-refractivity contribution in [1.29, 1.82) is 0 Å². The molecule has 0 unspecified atom stereocenters. The third kappa shape index (κ3) is 6.48. The number of rotatable bonds is 8. The average molecular weight is 414 g/mol. The van der Waals surface area contributed by atoms with E-state index in [4.69, 9.17) is 0 Å². The van der Waals surface area contributed by atoms with Crippen LogP contribution in [0.4, 0.5) is 0 Å². The second-order valence-corrected chi connectivity index (χ2v) is 9.74. The first-order valence-corrected chi connectivity index (χ1v) is 12.2. The van der Waals surface area contributed by atoms with Crippen LogP contribution in [0.25, 0.3) is 0 Å². The molecule has 0 saturated carbocycles. The summed E-state index contributed by atoms with van der Waals surface area (Å²) in [6, 6.07) is 4.86. The fourth-order valence-electron chi connectivity index (χ4n) is 3.15. The van der Waals surface area contributed by atoms with Crippen molar-refractivity contribution in [3.05, 3.63) is 23.8 Å². The molecular weight excluding hydrogens is 382 g/mol. The SMILES string of the molecule is CSc1ccc(S(=O)(=O)NCCCN(C)C)cc1C(=O)N1CCCCCC1. The van der Waals surface area contributed by atoms with Crippen LogP contribution in [0.5, 0.6) is 0 Å². The maximum atomic E-state index is 13.0. The van der Waals surface area contributed by atoms with Gasteiger partial charge in [-0.05, 0) is 64.4 Å². The zero-order valence-corrected chi connectivity index (χ0v) is 18.2. The Morgan fingerprint density at radius 1 is 1.19 bits per heavy atom. The molecule has 0 radical (unpaired) electrons. The molecule has 1 heterocycles. The molecule has 0 bridgehead atoms. The van der Waals surface area contributed by atoms with Crippen LogP contribution < -0.4 is 4.72 Å². The van der Waals surface area contributed by atoms with Gasteiger partial charge < -0.3 is 9.80 Å². The molecule has 1 N–H and O–H groups in total.